The molecule has 8 nitrogen and oxygen atoms in total. The molecule has 4 aliphatic rings. The summed E-state index contributed by atoms with van der Waals surface area (Å²) in [6, 6.07) is -0.438. The van der Waals surface area contributed by atoms with E-state index in [2.05, 4.69) is 22.6 Å². The molecule has 1 aromatic heterocycles. The molecule has 1 aliphatic carbocycles. The summed E-state index contributed by atoms with van der Waals surface area (Å²) in [4.78, 5) is 43.3. The Morgan fingerprint density at radius 1 is 1.19 bits per heavy atom. The third-order valence-electron chi connectivity index (χ3n) is 7.50. The quantitative estimate of drug-likeness (QED) is 0.735. The number of aromatic nitrogens is 2. The van der Waals surface area contributed by atoms with Crippen LogP contribution in [0.25, 0.3) is 0 Å². The average molecular weight is 426 g/mol. The third-order valence-corrected chi connectivity index (χ3v) is 7.50. The molecule has 3 saturated heterocycles. The number of piperidine rings is 3. The van der Waals surface area contributed by atoms with Gasteiger partial charge in [-0.1, -0.05) is 12.2 Å². The number of aryl methyl sites for hydroxylation is 1. The molecule has 8 heteroatoms. The minimum atomic E-state index is -0.497. The lowest BCUT2D eigenvalue weighted by atomic mass is 9.71. The highest BCUT2D eigenvalue weighted by Gasteiger charge is 2.52. The Balaban J connectivity index is 1.36. The van der Waals surface area contributed by atoms with Crippen LogP contribution < -0.4 is 5.32 Å². The molecule has 5 rings (SSSR count). The molecule has 0 unspecified atom stereocenters. The van der Waals surface area contributed by atoms with Gasteiger partial charge >= 0.3 is 0 Å². The number of carbonyl (C=O) groups is 3. The number of nitrogens with zero attached hydrogens (tertiary/aromatic N) is 4. The predicted octanol–water partition coefficient (Wildman–Crippen LogP) is 1.23. The second-order valence-electron chi connectivity index (χ2n) is 9.58. The zero-order valence-corrected chi connectivity index (χ0v) is 18.1. The van der Waals surface area contributed by atoms with E-state index >= 15 is 0 Å². The van der Waals surface area contributed by atoms with Crippen molar-refractivity contribution in [3.8, 4) is 0 Å². The van der Waals surface area contributed by atoms with Gasteiger partial charge in [-0.2, -0.15) is 5.10 Å². The summed E-state index contributed by atoms with van der Waals surface area (Å²) in [6.07, 6.45) is 12.6. The first kappa shape index (κ1) is 20.3. The Morgan fingerprint density at radius 2 is 1.97 bits per heavy atom. The normalized spacial score (nSPS) is 30.4. The van der Waals surface area contributed by atoms with Crippen LogP contribution in [0.15, 0.2) is 24.5 Å². The van der Waals surface area contributed by atoms with Gasteiger partial charge in [0, 0.05) is 62.7 Å². The van der Waals surface area contributed by atoms with E-state index in [4.69, 9.17) is 0 Å². The maximum absolute atomic E-state index is 13.4. The molecular formula is C23H31N5O3. The van der Waals surface area contributed by atoms with E-state index in [0.717, 1.165) is 37.7 Å². The fraction of sp³-hybridized carbons (Fsp3) is 0.652. The van der Waals surface area contributed by atoms with Crippen molar-refractivity contribution >= 4 is 17.7 Å². The first-order chi connectivity index (χ1) is 15.0. The van der Waals surface area contributed by atoms with Crippen LogP contribution in [-0.4, -0.2) is 62.5 Å². The van der Waals surface area contributed by atoms with Gasteiger partial charge < -0.3 is 15.1 Å². The summed E-state index contributed by atoms with van der Waals surface area (Å²) in [5, 5.41) is 7.19. The fourth-order valence-electron chi connectivity index (χ4n) is 6.11. The Morgan fingerprint density at radius 3 is 2.71 bits per heavy atom. The summed E-state index contributed by atoms with van der Waals surface area (Å²) >= 11 is 0. The Bertz CT molecular complexity index is 901. The van der Waals surface area contributed by atoms with E-state index in [0.29, 0.717) is 26.1 Å². The van der Waals surface area contributed by atoms with E-state index in [9.17, 15) is 14.4 Å². The zero-order valence-electron chi connectivity index (χ0n) is 18.1. The van der Waals surface area contributed by atoms with E-state index in [-0.39, 0.29) is 41.5 Å². The molecule has 0 radical (unpaired) electrons. The van der Waals surface area contributed by atoms with Crippen molar-refractivity contribution in [2.75, 3.05) is 13.1 Å². The lowest BCUT2D eigenvalue weighted by Crippen LogP contribution is -2.68. The van der Waals surface area contributed by atoms with E-state index in [1.807, 2.05) is 23.0 Å². The van der Waals surface area contributed by atoms with Crippen molar-refractivity contribution < 1.29 is 14.4 Å². The van der Waals surface area contributed by atoms with Gasteiger partial charge in [-0.3, -0.25) is 19.1 Å². The van der Waals surface area contributed by atoms with Gasteiger partial charge in [-0.05, 0) is 38.0 Å². The highest BCUT2D eigenvalue weighted by atomic mass is 16.2. The van der Waals surface area contributed by atoms with Crippen LogP contribution in [0.4, 0.5) is 0 Å². The summed E-state index contributed by atoms with van der Waals surface area (Å²) in [6.45, 7) is 1.67. The standard InChI is InChI=1S/C23H31N5O3/c1-26-12-15(11-25-26)10-24-22(30)21-18-9-17(19-7-4-8-20(29)28(19)21)13-27(14-18)23(31)16-5-2-3-6-16/h2-3,11-12,16-19,21H,4-10,13-14H2,1H3,(H,24,30)/t17-,18+,19-,21+/m0/s1. The first-order valence-electron chi connectivity index (χ1n) is 11.5. The second-order valence-corrected chi connectivity index (χ2v) is 9.58. The van der Waals surface area contributed by atoms with E-state index in [1.165, 1.54) is 0 Å². The largest absolute Gasteiger partial charge is 0.350 e. The highest BCUT2D eigenvalue weighted by molar-refractivity contribution is 5.89. The van der Waals surface area contributed by atoms with Crippen molar-refractivity contribution in [2.45, 2.75) is 57.2 Å². The maximum Gasteiger partial charge on any atom is 0.243 e. The van der Waals surface area contributed by atoms with Crippen LogP contribution in [0.2, 0.25) is 0 Å². The fourth-order valence-corrected chi connectivity index (χ4v) is 6.11. The topological polar surface area (TPSA) is 87.5 Å². The Labute approximate surface area is 182 Å². The number of carbonyl (C=O) groups excluding carboxylic acids is 3. The van der Waals surface area contributed by atoms with Crippen LogP contribution in [-0.2, 0) is 28.0 Å². The molecule has 0 spiro atoms. The number of rotatable bonds is 4. The SMILES string of the molecule is Cn1cc(CNC(=O)[C@H]2[C@@H]3C[C@@H](CN(C(=O)C4CC=CC4)C3)[C@@H]3CCCC(=O)N32)cn1. The van der Waals surface area contributed by atoms with Crippen molar-refractivity contribution in [3.05, 3.63) is 30.1 Å². The van der Waals surface area contributed by atoms with Crippen molar-refractivity contribution in [1.29, 1.82) is 0 Å². The molecule has 3 amide bonds. The van der Waals surface area contributed by atoms with Crippen LogP contribution in [0, 0.1) is 17.8 Å². The van der Waals surface area contributed by atoms with Crippen LogP contribution in [0.3, 0.4) is 0 Å². The molecule has 4 atom stereocenters. The first-order valence-corrected chi connectivity index (χ1v) is 11.5. The molecule has 166 valence electrons. The van der Waals surface area contributed by atoms with Crippen molar-refractivity contribution in [3.63, 3.8) is 0 Å². The van der Waals surface area contributed by atoms with E-state index in [1.54, 1.807) is 10.9 Å². The Hall–Kier alpha value is -2.64. The third kappa shape index (κ3) is 3.77. The number of fused-ring (bicyclic) bond motifs is 4. The van der Waals surface area contributed by atoms with Gasteiger partial charge in [0.1, 0.15) is 6.04 Å². The number of likely N-dealkylation sites (tertiary alicyclic amines) is 1. The molecule has 0 aromatic carbocycles. The lowest BCUT2D eigenvalue weighted by Gasteiger charge is -2.56. The summed E-state index contributed by atoms with van der Waals surface area (Å²) in [7, 11) is 1.84. The van der Waals surface area contributed by atoms with Crippen molar-refractivity contribution in [1.82, 2.24) is 24.9 Å². The molecule has 3 fully saturated rings. The number of nitrogens with one attached hydrogen (secondary N) is 1. The molecule has 1 aromatic rings. The average Bonchev–Trinajstić information content (AvgIpc) is 3.44. The summed E-state index contributed by atoms with van der Waals surface area (Å²) in [5.41, 5.74) is 0.931. The van der Waals surface area contributed by atoms with Crippen LogP contribution in [0.1, 0.15) is 44.1 Å². The van der Waals surface area contributed by atoms with Gasteiger partial charge in [0.2, 0.25) is 17.7 Å². The number of allylic oxidation sites excluding steroid dienone is 2. The monoisotopic (exact) mass is 425 g/mol. The molecule has 1 N–H and O–H groups in total. The zero-order chi connectivity index (χ0) is 21.5. The van der Waals surface area contributed by atoms with Gasteiger partial charge in [0.15, 0.2) is 0 Å². The molecular weight excluding hydrogens is 394 g/mol. The van der Waals surface area contributed by atoms with Gasteiger partial charge in [-0.25, -0.2) is 0 Å². The van der Waals surface area contributed by atoms with Crippen molar-refractivity contribution in [2.24, 2.45) is 24.8 Å². The molecule has 0 saturated carbocycles. The number of hydrogen-bond acceptors (Lipinski definition) is 4. The van der Waals surface area contributed by atoms with Gasteiger partial charge in [0.05, 0.1) is 6.20 Å². The highest BCUT2D eigenvalue weighted by Crippen LogP contribution is 2.42. The lowest BCUT2D eigenvalue weighted by molar-refractivity contribution is -0.164. The van der Waals surface area contributed by atoms with Crippen LogP contribution >= 0.6 is 0 Å². The molecule has 31 heavy (non-hydrogen) atoms. The molecule has 3 aliphatic heterocycles. The van der Waals surface area contributed by atoms with Gasteiger partial charge in [-0.15, -0.1) is 0 Å². The van der Waals surface area contributed by atoms with Gasteiger partial charge in [0.25, 0.3) is 0 Å². The van der Waals surface area contributed by atoms with Crippen LogP contribution in [0.5, 0.6) is 0 Å². The minimum absolute atomic E-state index is 0.00994. The summed E-state index contributed by atoms with van der Waals surface area (Å²) in [5.74, 6) is 0.496. The Kier molecular flexibility index (Phi) is 5.32. The predicted molar refractivity (Wildman–Crippen MR) is 113 cm³/mol. The minimum Gasteiger partial charge on any atom is -0.350 e. The number of amides is 3. The van der Waals surface area contributed by atoms with E-state index < -0.39 is 6.04 Å². The molecule has 2 bridgehead atoms. The summed E-state index contributed by atoms with van der Waals surface area (Å²) < 4.78 is 1.71. The number of hydrogen-bond donors (Lipinski definition) is 1. The second kappa shape index (κ2) is 8.13. The smallest absolute Gasteiger partial charge is 0.243 e. The maximum atomic E-state index is 13.4. The molecule has 4 heterocycles.